The fourth-order valence-corrected chi connectivity index (χ4v) is 1.40. The topological polar surface area (TPSA) is 113 Å². The van der Waals surface area contributed by atoms with E-state index < -0.39 is 24.1 Å². The van der Waals surface area contributed by atoms with Crippen LogP contribution in [-0.2, 0) is 14.3 Å². The van der Waals surface area contributed by atoms with E-state index in [-0.39, 0.29) is 12.8 Å². The van der Waals surface area contributed by atoms with Crippen LogP contribution in [0.2, 0.25) is 0 Å². The molecule has 7 heteroatoms. The Bertz CT molecular complexity index is 305. The van der Waals surface area contributed by atoms with Crippen molar-refractivity contribution in [3.05, 3.63) is 0 Å². The lowest BCUT2D eigenvalue weighted by atomic mass is 10.2. The summed E-state index contributed by atoms with van der Waals surface area (Å²) in [5.41, 5.74) is 0. The molecule has 0 unspecified atom stereocenters. The van der Waals surface area contributed by atoms with Crippen LogP contribution in [0.5, 0.6) is 0 Å². The highest BCUT2D eigenvalue weighted by Crippen LogP contribution is 2.04. The van der Waals surface area contributed by atoms with Crippen molar-refractivity contribution < 1.29 is 29.3 Å². The molecule has 7 nitrogen and oxygen atoms in total. The number of hydrogen-bond donors (Lipinski definition) is 3. The lowest BCUT2D eigenvalue weighted by Crippen LogP contribution is -2.34. The van der Waals surface area contributed by atoms with Crippen LogP contribution in [0.4, 0.5) is 4.79 Å². The predicted octanol–water partition coefficient (Wildman–Crippen LogP) is 1.61. The molecular formula is C12H21NO6. The van der Waals surface area contributed by atoms with E-state index in [1.165, 1.54) is 0 Å². The third-order valence-electron chi connectivity index (χ3n) is 2.44. The van der Waals surface area contributed by atoms with Gasteiger partial charge in [0.1, 0.15) is 0 Å². The number of carbonyl (C=O) groups excluding carboxylic acids is 1. The lowest BCUT2D eigenvalue weighted by Gasteiger charge is -2.13. The molecule has 0 aliphatic heterocycles. The van der Waals surface area contributed by atoms with Gasteiger partial charge in [-0.3, -0.25) is 4.79 Å². The average molecular weight is 275 g/mol. The van der Waals surface area contributed by atoms with Gasteiger partial charge in [-0.15, -0.1) is 0 Å². The summed E-state index contributed by atoms with van der Waals surface area (Å²) >= 11 is 0. The van der Waals surface area contributed by atoms with Gasteiger partial charge < -0.3 is 20.3 Å². The first-order valence-electron chi connectivity index (χ1n) is 6.36. The first-order chi connectivity index (χ1) is 8.97. The van der Waals surface area contributed by atoms with E-state index in [1.807, 2.05) is 0 Å². The number of ether oxygens (including phenoxy) is 1. The van der Waals surface area contributed by atoms with Crippen molar-refractivity contribution >= 4 is 18.0 Å². The molecule has 0 spiro atoms. The SMILES string of the molecule is CCCCCCNC(=O)O[C@@H](CCC(=O)O)C(=O)O. The number of unbranched alkanes of at least 4 members (excludes halogenated alkanes) is 3. The molecule has 0 radical (unpaired) electrons. The van der Waals surface area contributed by atoms with Crippen molar-refractivity contribution in [2.24, 2.45) is 0 Å². The van der Waals surface area contributed by atoms with Crippen molar-refractivity contribution in [1.82, 2.24) is 5.32 Å². The Morgan fingerprint density at radius 2 is 1.84 bits per heavy atom. The van der Waals surface area contributed by atoms with Crippen LogP contribution in [0, 0.1) is 0 Å². The Labute approximate surface area is 111 Å². The summed E-state index contributed by atoms with van der Waals surface area (Å²) in [6.45, 7) is 2.49. The molecule has 0 fully saturated rings. The average Bonchev–Trinajstić information content (AvgIpc) is 2.33. The van der Waals surface area contributed by atoms with Gasteiger partial charge in [0.25, 0.3) is 0 Å². The molecule has 0 aliphatic carbocycles. The Morgan fingerprint density at radius 1 is 1.16 bits per heavy atom. The molecule has 0 aromatic carbocycles. The van der Waals surface area contributed by atoms with E-state index in [1.54, 1.807) is 0 Å². The van der Waals surface area contributed by atoms with Crippen LogP contribution in [0.25, 0.3) is 0 Å². The summed E-state index contributed by atoms with van der Waals surface area (Å²) in [6.07, 6.45) is 1.09. The Morgan fingerprint density at radius 3 is 2.37 bits per heavy atom. The van der Waals surface area contributed by atoms with E-state index in [4.69, 9.17) is 10.2 Å². The minimum absolute atomic E-state index is 0.242. The van der Waals surface area contributed by atoms with Crippen LogP contribution in [0.3, 0.4) is 0 Å². The fraction of sp³-hybridized carbons (Fsp3) is 0.750. The van der Waals surface area contributed by atoms with Crippen molar-refractivity contribution in [2.45, 2.75) is 51.6 Å². The predicted molar refractivity (Wildman–Crippen MR) is 66.9 cm³/mol. The zero-order chi connectivity index (χ0) is 14.7. The van der Waals surface area contributed by atoms with Gasteiger partial charge in [0.05, 0.1) is 0 Å². The van der Waals surface area contributed by atoms with Crippen LogP contribution in [0.15, 0.2) is 0 Å². The van der Waals surface area contributed by atoms with Gasteiger partial charge >= 0.3 is 18.0 Å². The summed E-state index contributed by atoms with van der Waals surface area (Å²) in [5, 5.41) is 19.7. The third kappa shape index (κ3) is 9.87. The first kappa shape index (κ1) is 17.2. The quantitative estimate of drug-likeness (QED) is 0.522. The van der Waals surface area contributed by atoms with Crippen LogP contribution in [-0.4, -0.2) is 40.9 Å². The van der Waals surface area contributed by atoms with Gasteiger partial charge in [-0.05, 0) is 6.42 Å². The normalized spacial score (nSPS) is 11.6. The van der Waals surface area contributed by atoms with E-state index in [0.717, 1.165) is 25.7 Å². The van der Waals surface area contributed by atoms with E-state index in [2.05, 4.69) is 17.0 Å². The van der Waals surface area contributed by atoms with Crippen molar-refractivity contribution in [3.8, 4) is 0 Å². The van der Waals surface area contributed by atoms with Crippen molar-refractivity contribution in [3.63, 3.8) is 0 Å². The summed E-state index contributed by atoms with van der Waals surface area (Å²) in [6, 6.07) is 0. The largest absolute Gasteiger partial charge is 0.481 e. The smallest absolute Gasteiger partial charge is 0.407 e. The number of nitrogens with one attached hydrogen (secondary N) is 1. The Hall–Kier alpha value is -1.79. The molecule has 110 valence electrons. The van der Waals surface area contributed by atoms with Crippen LogP contribution >= 0.6 is 0 Å². The second-order valence-electron chi connectivity index (χ2n) is 4.15. The molecule has 3 N–H and O–H groups in total. The molecule has 1 amide bonds. The minimum Gasteiger partial charge on any atom is -0.481 e. The van der Waals surface area contributed by atoms with Gasteiger partial charge in [-0.2, -0.15) is 0 Å². The first-order valence-corrected chi connectivity index (χ1v) is 6.36. The molecular weight excluding hydrogens is 254 g/mol. The molecule has 0 rings (SSSR count). The highest BCUT2D eigenvalue weighted by Gasteiger charge is 2.22. The summed E-state index contributed by atoms with van der Waals surface area (Å²) in [5.74, 6) is -2.47. The molecule has 0 heterocycles. The van der Waals surface area contributed by atoms with E-state index in [0.29, 0.717) is 6.54 Å². The zero-order valence-electron chi connectivity index (χ0n) is 11.1. The van der Waals surface area contributed by atoms with Gasteiger partial charge in [0, 0.05) is 19.4 Å². The standard InChI is InChI=1S/C12H21NO6/c1-2-3-4-5-8-13-12(18)19-9(11(16)17)6-7-10(14)15/h9H,2-8H2,1H3,(H,13,18)(H,14,15)(H,16,17)/t9-/m0/s1. The maximum atomic E-state index is 11.3. The van der Waals surface area contributed by atoms with Crippen LogP contribution < -0.4 is 5.32 Å². The number of rotatable bonds is 10. The number of hydrogen-bond acceptors (Lipinski definition) is 4. The van der Waals surface area contributed by atoms with Gasteiger partial charge in [0.15, 0.2) is 0 Å². The second-order valence-corrected chi connectivity index (χ2v) is 4.15. The fourth-order valence-electron chi connectivity index (χ4n) is 1.40. The molecule has 19 heavy (non-hydrogen) atoms. The van der Waals surface area contributed by atoms with Gasteiger partial charge in [-0.1, -0.05) is 26.2 Å². The zero-order valence-corrected chi connectivity index (χ0v) is 11.1. The maximum Gasteiger partial charge on any atom is 0.407 e. The summed E-state index contributed by atoms with van der Waals surface area (Å²) < 4.78 is 4.66. The van der Waals surface area contributed by atoms with E-state index in [9.17, 15) is 14.4 Å². The van der Waals surface area contributed by atoms with Crippen molar-refractivity contribution in [2.75, 3.05) is 6.54 Å². The number of amides is 1. The number of carboxylic acids is 2. The highest BCUT2D eigenvalue weighted by molar-refractivity contribution is 5.78. The molecule has 1 atom stereocenters. The molecule has 0 saturated carbocycles. The maximum absolute atomic E-state index is 11.3. The third-order valence-corrected chi connectivity index (χ3v) is 2.44. The molecule has 0 saturated heterocycles. The molecule has 0 aliphatic rings. The Kier molecular flexibility index (Phi) is 9.20. The number of alkyl carbamates (subject to hydrolysis) is 1. The second kappa shape index (κ2) is 10.2. The lowest BCUT2D eigenvalue weighted by molar-refractivity contribution is -0.148. The number of aliphatic carboxylic acids is 2. The van der Waals surface area contributed by atoms with Crippen molar-refractivity contribution in [1.29, 1.82) is 0 Å². The van der Waals surface area contributed by atoms with Gasteiger partial charge in [-0.25, -0.2) is 9.59 Å². The van der Waals surface area contributed by atoms with Crippen LogP contribution in [0.1, 0.15) is 45.4 Å². The van der Waals surface area contributed by atoms with Gasteiger partial charge in [0.2, 0.25) is 6.10 Å². The monoisotopic (exact) mass is 275 g/mol. The number of carbonyl (C=O) groups is 3. The minimum atomic E-state index is -1.42. The molecule has 0 aromatic rings. The summed E-state index contributed by atoms with van der Waals surface area (Å²) in [7, 11) is 0. The summed E-state index contributed by atoms with van der Waals surface area (Å²) in [4.78, 5) is 32.4. The highest BCUT2D eigenvalue weighted by atomic mass is 16.6. The molecule has 0 bridgehead atoms. The Balaban J connectivity index is 3.90. The molecule has 0 aromatic heterocycles. The van der Waals surface area contributed by atoms with E-state index >= 15 is 0 Å². The number of carboxylic acid groups (broad SMARTS) is 2.